The van der Waals surface area contributed by atoms with Crippen LogP contribution in [0.5, 0.6) is 0 Å². The fourth-order valence-electron chi connectivity index (χ4n) is 2.07. The van der Waals surface area contributed by atoms with Gasteiger partial charge in [-0.3, -0.25) is 9.89 Å². The highest BCUT2D eigenvalue weighted by Gasteiger charge is 2.16. The van der Waals surface area contributed by atoms with Crippen molar-refractivity contribution in [3.8, 4) is 10.6 Å². The number of H-pyrrole nitrogens is 2. The summed E-state index contributed by atoms with van der Waals surface area (Å²) in [5.41, 5.74) is 0.582. The lowest BCUT2D eigenvalue weighted by Crippen LogP contribution is -2.33. The Kier molecular flexibility index (Phi) is 4.10. The number of nitrogens with zero attached hydrogens (tertiary/aromatic N) is 2. The first-order valence-electron chi connectivity index (χ1n) is 7.31. The zero-order valence-electron chi connectivity index (χ0n) is 13.5. The molecule has 0 bridgehead atoms. The molecule has 3 N–H and O–H groups in total. The van der Waals surface area contributed by atoms with Gasteiger partial charge < -0.3 is 15.0 Å². The van der Waals surface area contributed by atoms with Crippen molar-refractivity contribution in [2.24, 2.45) is 0 Å². The number of carbonyl (C=O) groups is 1. The molecule has 0 aliphatic carbocycles. The first kappa shape index (κ1) is 16.2. The Bertz CT molecular complexity index is 921. The van der Waals surface area contributed by atoms with Gasteiger partial charge in [0.25, 0.3) is 5.56 Å². The second-order valence-electron chi connectivity index (χ2n) is 6.16. The highest BCUT2D eigenvalue weighted by atomic mass is 32.1. The number of hydrogen-bond acceptors (Lipinski definition) is 6. The summed E-state index contributed by atoms with van der Waals surface area (Å²) in [6, 6.07) is 3.64. The number of nitrogens with one attached hydrogen (secondary N) is 3. The Labute approximate surface area is 141 Å². The minimum Gasteiger partial charge on any atom is -0.444 e. The van der Waals surface area contributed by atoms with Crippen molar-refractivity contribution >= 4 is 27.6 Å². The number of aromatic amines is 2. The van der Waals surface area contributed by atoms with Gasteiger partial charge in [0, 0.05) is 6.20 Å². The van der Waals surface area contributed by atoms with E-state index in [-0.39, 0.29) is 12.1 Å². The van der Waals surface area contributed by atoms with Crippen molar-refractivity contribution in [2.45, 2.75) is 32.9 Å². The standard InChI is InChI=1S/C15H17N5O3S/c1-15(2,3)23-14(22)16-7-11-18-9-6-10(8-4-5-17-20-8)24-12(9)13(21)19-11/h4-6H,7H2,1-3H3,(H,16,22)(H,17,20)(H,18,19,21). The Morgan fingerprint density at radius 1 is 1.42 bits per heavy atom. The normalized spacial score (nSPS) is 11.6. The highest BCUT2D eigenvalue weighted by molar-refractivity contribution is 7.22. The molecule has 0 fully saturated rings. The summed E-state index contributed by atoms with van der Waals surface area (Å²) in [5.74, 6) is 0.368. The molecule has 9 heteroatoms. The number of ether oxygens (including phenoxy) is 1. The maximum Gasteiger partial charge on any atom is 0.408 e. The van der Waals surface area contributed by atoms with E-state index in [1.54, 1.807) is 27.0 Å². The molecule has 24 heavy (non-hydrogen) atoms. The van der Waals surface area contributed by atoms with Crippen molar-refractivity contribution < 1.29 is 9.53 Å². The molecule has 0 radical (unpaired) electrons. The number of carbonyl (C=O) groups excluding carboxylic acids is 1. The Hall–Kier alpha value is -2.68. The Morgan fingerprint density at radius 3 is 2.88 bits per heavy atom. The maximum atomic E-state index is 12.2. The lowest BCUT2D eigenvalue weighted by molar-refractivity contribution is 0.0522. The van der Waals surface area contributed by atoms with Crippen LogP contribution in [0.4, 0.5) is 4.79 Å². The summed E-state index contributed by atoms with van der Waals surface area (Å²) < 4.78 is 5.68. The van der Waals surface area contributed by atoms with Crippen LogP contribution in [0.25, 0.3) is 20.8 Å². The van der Waals surface area contributed by atoms with Gasteiger partial charge in [0.15, 0.2) is 0 Å². The van der Waals surface area contributed by atoms with Crippen LogP contribution < -0.4 is 10.9 Å². The molecule has 0 aliphatic rings. The van der Waals surface area contributed by atoms with Gasteiger partial charge in [-0.05, 0) is 32.9 Å². The van der Waals surface area contributed by atoms with Gasteiger partial charge in [-0.15, -0.1) is 11.3 Å². The van der Waals surface area contributed by atoms with Crippen LogP contribution in [-0.4, -0.2) is 31.9 Å². The summed E-state index contributed by atoms with van der Waals surface area (Å²) >= 11 is 1.33. The van der Waals surface area contributed by atoms with E-state index >= 15 is 0 Å². The quantitative estimate of drug-likeness (QED) is 0.673. The Balaban J connectivity index is 1.80. The number of aromatic nitrogens is 4. The van der Waals surface area contributed by atoms with Crippen LogP contribution >= 0.6 is 11.3 Å². The monoisotopic (exact) mass is 347 g/mol. The molecule has 3 aromatic heterocycles. The van der Waals surface area contributed by atoms with E-state index in [0.29, 0.717) is 16.0 Å². The molecule has 3 heterocycles. The minimum atomic E-state index is -0.582. The first-order valence-corrected chi connectivity index (χ1v) is 8.13. The summed E-state index contributed by atoms with van der Waals surface area (Å²) in [4.78, 5) is 31.8. The van der Waals surface area contributed by atoms with Gasteiger partial charge in [-0.25, -0.2) is 9.78 Å². The summed E-state index contributed by atoms with van der Waals surface area (Å²) in [5, 5.41) is 9.33. The van der Waals surface area contributed by atoms with E-state index in [4.69, 9.17) is 4.74 Å². The smallest absolute Gasteiger partial charge is 0.408 e. The van der Waals surface area contributed by atoms with Crippen molar-refractivity contribution in [3.63, 3.8) is 0 Å². The molecule has 0 atom stereocenters. The molecule has 0 saturated heterocycles. The lowest BCUT2D eigenvalue weighted by atomic mass is 10.2. The van der Waals surface area contributed by atoms with Gasteiger partial charge in [-0.2, -0.15) is 5.10 Å². The number of thiophene rings is 1. The van der Waals surface area contributed by atoms with Crippen LogP contribution in [0.1, 0.15) is 26.6 Å². The van der Waals surface area contributed by atoms with Crippen LogP contribution in [0.15, 0.2) is 23.1 Å². The van der Waals surface area contributed by atoms with Crippen LogP contribution in [-0.2, 0) is 11.3 Å². The molecule has 1 amide bonds. The Morgan fingerprint density at radius 2 is 2.21 bits per heavy atom. The second-order valence-corrected chi connectivity index (χ2v) is 7.22. The fraction of sp³-hybridized carbons (Fsp3) is 0.333. The molecular weight excluding hydrogens is 330 g/mol. The lowest BCUT2D eigenvalue weighted by Gasteiger charge is -2.19. The third kappa shape index (κ3) is 3.62. The SMILES string of the molecule is CC(C)(C)OC(=O)NCc1nc2cc(-c3ccn[nH]3)sc2c(=O)[nH]1. The fourth-order valence-corrected chi connectivity index (χ4v) is 3.03. The van der Waals surface area contributed by atoms with E-state index < -0.39 is 11.7 Å². The van der Waals surface area contributed by atoms with Crippen molar-refractivity contribution in [3.05, 3.63) is 34.5 Å². The number of rotatable bonds is 3. The van der Waals surface area contributed by atoms with E-state index in [0.717, 1.165) is 10.6 Å². The first-order chi connectivity index (χ1) is 11.3. The van der Waals surface area contributed by atoms with E-state index in [1.165, 1.54) is 11.3 Å². The van der Waals surface area contributed by atoms with Crippen LogP contribution in [0, 0.1) is 0 Å². The zero-order valence-corrected chi connectivity index (χ0v) is 14.3. The highest BCUT2D eigenvalue weighted by Crippen LogP contribution is 2.29. The number of fused-ring (bicyclic) bond motifs is 1. The topological polar surface area (TPSA) is 113 Å². The van der Waals surface area contributed by atoms with Gasteiger partial charge in [-0.1, -0.05) is 0 Å². The van der Waals surface area contributed by atoms with Crippen molar-refractivity contribution in [2.75, 3.05) is 0 Å². The molecule has 3 rings (SSSR count). The third-order valence-corrected chi connectivity index (χ3v) is 4.15. The van der Waals surface area contributed by atoms with E-state index in [2.05, 4.69) is 25.5 Å². The van der Waals surface area contributed by atoms with Gasteiger partial charge in [0.2, 0.25) is 0 Å². The van der Waals surface area contributed by atoms with Crippen molar-refractivity contribution in [1.82, 2.24) is 25.5 Å². The van der Waals surface area contributed by atoms with Gasteiger partial charge >= 0.3 is 6.09 Å². The molecule has 3 aromatic rings. The van der Waals surface area contributed by atoms with Crippen LogP contribution in [0.2, 0.25) is 0 Å². The average molecular weight is 347 g/mol. The molecule has 0 aromatic carbocycles. The molecule has 126 valence electrons. The summed E-state index contributed by atoms with van der Waals surface area (Å²) in [6.45, 7) is 5.42. The second kappa shape index (κ2) is 6.08. The largest absolute Gasteiger partial charge is 0.444 e. The summed E-state index contributed by atoms with van der Waals surface area (Å²) in [6.07, 6.45) is 1.09. The van der Waals surface area contributed by atoms with Gasteiger partial charge in [0.1, 0.15) is 16.1 Å². The van der Waals surface area contributed by atoms with E-state index in [1.807, 2.05) is 12.1 Å². The maximum absolute atomic E-state index is 12.2. The molecule has 0 aliphatic heterocycles. The zero-order chi connectivity index (χ0) is 17.3. The summed E-state index contributed by atoms with van der Waals surface area (Å²) in [7, 11) is 0. The molecular formula is C15H17N5O3S. The van der Waals surface area contributed by atoms with Crippen molar-refractivity contribution in [1.29, 1.82) is 0 Å². The molecule has 0 unspecified atom stereocenters. The number of alkyl carbamates (subject to hydrolysis) is 1. The minimum absolute atomic E-state index is 0.0787. The number of amides is 1. The third-order valence-electron chi connectivity index (χ3n) is 3.00. The predicted molar refractivity (Wildman–Crippen MR) is 90.9 cm³/mol. The van der Waals surface area contributed by atoms with Gasteiger partial charge in [0.05, 0.1) is 22.6 Å². The average Bonchev–Trinajstić information content (AvgIpc) is 3.12. The molecule has 0 saturated carbocycles. The molecule has 8 nitrogen and oxygen atoms in total. The molecule has 0 spiro atoms. The van der Waals surface area contributed by atoms with E-state index in [9.17, 15) is 9.59 Å². The number of hydrogen-bond donors (Lipinski definition) is 3. The van der Waals surface area contributed by atoms with Crippen LogP contribution in [0.3, 0.4) is 0 Å². The predicted octanol–water partition coefficient (Wildman–Crippen LogP) is 2.40.